The van der Waals surface area contributed by atoms with E-state index < -0.39 is 5.60 Å². The number of rotatable bonds is 5. The highest BCUT2D eigenvalue weighted by molar-refractivity contribution is 7.10. The minimum atomic E-state index is -0.459. The average Bonchev–Trinajstić information content (AvgIpc) is 3.11. The third-order valence-corrected chi connectivity index (χ3v) is 6.47. The molecule has 1 saturated heterocycles. The van der Waals surface area contributed by atoms with E-state index >= 15 is 0 Å². The van der Waals surface area contributed by atoms with Crippen LogP contribution in [0.3, 0.4) is 0 Å². The summed E-state index contributed by atoms with van der Waals surface area (Å²) in [6, 6.07) is 2.15. The first kappa shape index (κ1) is 21.1. The van der Waals surface area contributed by atoms with E-state index in [2.05, 4.69) is 21.7 Å². The van der Waals surface area contributed by atoms with Crippen molar-refractivity contribution in [3.8, 4) is 0 Å². The van der Waals surface area contributed by atoms with Crippen LogP contribution in [0, 0.1) is 5.92 Å². The largest absolute Gasteiger partial charge is 0.444 e. The zero-order chi connectivity index (χ0) is 20.1. The monoisotopic (exact) mass is 407 g/mol. The standard InChI is InChI=1S/C21H33N3O3S/c1-21(2,3)27-20(26)22-14-16-4-9-23(10-5-16)11-7-19(25)24-12-6-18-17(15-24)8-13-28-18/h8,13,16H,4-7,9-12,14-15H2,1-3H3,(H,22,26). The Morgan fingerprint density at radius 1 is 1.25 bits per heavy atom. The van der Waals surface area contributed by atoms with Crippen LogP contribution in [0.2, 0.25) is 0 Å². The van der Waals surface area contributed by atoms with Gasteiger partial charge in [-0.25, -0.2) is 4.79 Å². The predicted octanol–water partition coefficient (Wildman–Crippen LogP) is 3.26. The number of nitrogens with one attached hydrogen (secondary N) is 1. The van der Waals surface area contributed by atoms with Crippen molar-refractivity contribution >= 4 is 23.3 Å². The Hall–Kier alpha value is -1.60. The molecule has 7 heteroatoms. The van der Waals surface area contributed by atoms with Crippen LogP contribution in [0.5, 0.6) is 0 Å². The Kier molecular flexibility index (Phi) is 6.99. The molecule has 3 rings (SSSR count). The zero-order valence-corrected chi connectivity index (χ0v) is 18.1. The minimum absolute atomic E-state index is 0.269. The Balaban J connectivity index is 1.31. The third-order valence-electron chi connectivity index (χ3n) is 5.44. The van der Waals surface area contributed by atoms with E-state index in [4.69, 9.17) is 4.74 Å². The van der Waals surface area contributed by atoms with Gasteiger partial charge in [-0.1, -0.05) is 0 Å². The summed E-state index contributed by atoms with van der Waals surface area (Å²) in [5.41, 5.74) is 0.863. The molecule has 2 aliphatic rings. The molecular formula is C21H33N3O3S. The number of amides is 2. The second-order valence-corrected chi connectivity index (χ2v) is 9.85. The van der Waals surface area contributed by atoms with Gasteiger partial charge in [0.2, 0.25) is 5.91 Å². The minimum Gasteiger partial charge on any atom is -0.444 e. The van der Waals surface area contributed by atoms with Gasteiger partial charge in [0.15, 0.2) is 0 Å². The number of fused-ring (bicyclic) bond motifs is 1. The normalized spacial score (nSPS) is 18.6. The molecule has 6 nitrogen and oxygen atoms in total. The third kappa shape index (κ3) is 6.21. The summed E-state index contributed by atoms with van der Waals surface area (Å²) >= 11 is 1.80. The van der Waals surface area contributed by atoms with Gasteiger partial charge in [0.25, 0.3) is 0 Å². The van der Waals surface area contributed by atoms with Gasteiger partial charge >= 0.3 is 6.09 Å². The van der Waals surface area contributed by atoms with Crippen LogP contribution in [0.4, 0.5) is 4.79 Å². The summed E-state index contributed by atoms with van der Waals surface area (Å²) in [6.07, 6.45) is 3.35. The molecule has 1 aromatic heterocycles. The summed E-state index contributed by atoms with van der Waals surface area (Å²) < 4.78 is 5.29. The van der Waals surface area contributed by atoms with Crippen LogP contribution in [0.25, 0.3) is 0 Å². The van der Waals surface area contributed by atoms with Gasteiger partial charge in [0.05, 0.1) is 0 Å². The van der Waals surface area contributed by atoms with Crippen LogP contribution in [-0.4, -0.2) is 60.1 Å². The lowest BCUT2D eigenvalue weighted by Gasteiger charge is -2.33. The number of thiophene rings is 1. The van der Waals surface area contributed by atoms with Crippen molar-refractivity contribution in [1.29, 1.82) is 0 Å². The molecular weight excluding hydrogens is 374 g/mol. The first-order valence-corrected chi connectivity index (χ1v) is 11.2. The quantitative estimate of drug-likeness (QED) is 0.814. The summed E-state index contributed by atoms with van der Waals surface area (Å²) in [5.74, 6) is 0.754. The van der Waals surface area contributed by atoms with Crippen molar-refractivity contribution in [1.82, 2.24) is 15.1 Å². The van der Waals surface area contributed by atoms with Gasteiger partial charge in [-0.15, -0.1) is 11.3 Å². The van der Waals surface area contributed by atoms with E-state index in [1.807, 2.05) is 25.7 Å². The maximum atomic E-state index is 12.6. The van der Waals surface area contributed by atoms with Gasteiger partial charge in [-0.3, -0.25) is 4.79 Å². The topological polar surface area (TPSA) is 61.9 Å². The fourth-order valence-electron chi connectivity index (χ4n) is 3.83. The molecule has 0 atom stereocenters. The average molecular weight is 408 g/mol. The van der Waals surface area contributed by atoms with Crippen LogP contribution >= 0.6 is 11.3 Å². The molecule has 1 N–H and O–H groups in total. The molecule has 2 aliphatic heterocycles. The van der Waals surface area contributed by atoms with Gasteiger partial charge in [0.1, 0.15) is 5.60 Å². The van der Waals surface area contributed by atoms with Crippen molar-refractivity contribution in [2.45, 2.75) is 58.6 Å². The number of carbonyl (C=O) groups excluding carboxylic acids is 2. The van der Waals surface area contributed by atoms with Crippen molar-refractivity contribution in [3.05, 3.63) is 21.9 Å². The fraction of sp³-hybridized carbons (Fsp3) is 0.714. The number of hydrogen-bond acceptors (Lipinski definition) is 5. The highest BCUT2D eigenvalue weighted by atomic mass is 32.1. The van der Waals surface area contributed by atoms with Gasteiger partial charge < -0.3 is 19.9 Å². The first-order valence-electron chi connectivity index (χ1n) is 10.3. The number of ether oxygens (including phenoxy) is 1. The Morgan fingerprint density at radius 2 is 2.00 bits per heavy atom. The van der Waals surface area contributed by atoms with Crippen LogP contribution in [-0.2, 0) is 22.5 Å². The van der Waals surface area contributed by atoms with Crippen molar-refractivity contribution in [2.24, 2.45) is 5.92 Å². The number of likely N-dealkylation sites (tertiary alicyclic amines) is 1. The highest BCUT2D eigenvalue weighted by Crippen LogP contribution is 2.24. The zero-order valence-electron chi connectivity index (χ0n) is 17.3. The van der Waals surface area contributed by atoms with E-state index in [9.17, 15) is 9.59 Å². The number of alkyl carbamates (subject to hydrolysis) is 1. The van der Waals surface area contributed by atoms with E-state index in [1.54, 1.807) is 11.3 Å². The van der Waals surface area contributed by atoms with Crippen LogP contribution in [0.1, 0.15) is 50.5 Å². The Bertz CT molecular complexity index is 675. The maximum Gasteiger partial charge on any atom is 0.407 e. The lowest BCUT2D eigenvalue weighted by Crippen LogP contribution is -2.42. The summed E-state index contributed by atoms with van der Waals surface area (Å²) in [7, 11) is 0. The molecule has 28 heavy (non-hydrogen) atoms. The van der Waals surface area contributed by atoms with Crippen molar-refractivity contribution < 1.29 is 14.3 Å². The first-order chi connectivity index (χ1) is 13.3. The lowest BCUT2D eigenvalue weighted by molar-refractivity contribution is -0.132. The fourth-order valence-corrected chi connectivity index (χ4v) is 4.72. The van der Waals surface area contributed by atoms with Crippen molar-refractivity contribution in [2.75, 3.05) is 32.7 Å². The molecule has 0 unspecified atom stereocenters. The van der Waals surface area contributed by atoms with Crippen LogP contribution in [0.15, 0.2) is 11.4 Å². The smallest absolute Gasteiger partial charge is 0.407 e. The van der Waals surface area contributed by atoms with Crippen LogP contribution < -0.4 is 5.32 Å². The molecule has 1 fully saturated rings. The van der Waals surface area contributed by atoms with E-state index in [0.717, 1.165) is 52.0 Å². The molecule has 0 bridgehead atoms. The predicted molar refractivity (Wildman–Crippen MR) is 111 cm³/mol. The molecule has 0 radical (unpaired) electrons. The number of piperidine rings is 1. The SMILES string of the molecule is CC(C)(C)OC(=O)NCC1CCN(CCC(=O)N2CCc3sccc3C2)CC1. The van der Waals surface area contributed by atoms with E-state index in [1.165, 1.54) is 10.4 Å². The number of carbonyl (C=O) groups is 2. The highest BCUT2D eigenvalue weighted by Gasteiger charge is 2.24. The Morgan fingerprint density at radius 3 is 2.71 bits per heavy atom. The number of hydrogen-bond donors (Lipinski definition) is 1. The lowest BCUT2D eigenvalue weighted by atomic mass is 9.96. The van der Waals surface area contributed by atoms with E-state index in [0.29, 0.717) is 18.9 Å². The molecule has 0 aliphatic carbocycles. The molecule has 0 spiro atoms. The van der Waals surface area contributed by atoms with Gasteiger partial charge in [0, 0.05) is 37.5 Å². The second-order valence-electron chi connectivity index (χ2n) is 8.85. The molecule has 0 aromatic carbocycles. The number of nitrogens with zero attached hydrogens (tertiary/aromatic N) is 2. The molecule has 0 saturated carbocycles. The molecule has 2 amide bonds. The van der Waals surface area contributed by atoms with E-state index in [-0.39, 0.29) is 12.0 Å². The second kappa shape index (κ2) is 9.27. The van der Waals surface area contributed by atoms with Gasteiger partial charge in [-0.2, -0.15) is 0 Å². The van der Waals surface area contributed by atoms with Crippen molar-refractivity contribution in [3.63, 3.8) is 0 Å². The summed E-state index contributed by atoms with van der Waals surface area (Å²) in [4.78, 5) is 30.2. The maximum absolute atomic E-state index is 12.6. The summed E-state index contributed by atoms with van der Waals surface area (Å²) in [5, 5.41) is 5.01. The Labute approximate surface area is 172 Å². The molecule has 1 aromatic rings. The van der Waals surface area contributed by atoms with Gasteiger partial charge in [-0.05, 0) is 76.1 Å². The summed E-state index contributed by atoms with van der Waals surface area (Å²) in [6.45, 7) is 10.7. The molecule has 156 valence electrons. The molecule has 3 heterocycles.